The van der Waals surface area contributed by atoms with Crippen LogP contribution in [0.1, 0.15) is 11.7 Å². The smallest absolute Gasteiger partial charge is 0.141 e. The van der Waals surface area contributed by atoms with Crippen molar-refractivity contribution in [2.24, 2.45) is 0 Å². The Bertz CT molecular complexity index is 328. The van der Waals surface area contributed by atoms with Crippen molar-refractivity contribution in [2.45, 2.75) is 6.10 Å². The largest absolute Gasteiger partial charge is 0.376 e. The van der Waals surface area contributed by atoms with Crippen LogP contribution in [-0.4, -0.2) is 5.11 Å². The van der Waals surface area contributed by atoms with Gasteiger partial charge in [-0.2, -0.15) is 0 Å². The van der Waals surface area contributed by atoms with Crippen molar-refractivity contribution in [2.75, 3.05) is 0 Å². The maximum absolute atomic E-state index is 9.26. The Morgan fingerprint density at radius 3 is 2.67 bits per heavy atom. The van der Waals surface area contributed by atoms with Gasteiger partial charge in [0.15, 0.2) is 0 Å². The molecule has 0 aliphatic rings. The van der Waals surface area contributed by atoms with E-state index in [1.165, 1.54) is 0 Å². The summed E-state index contributed by atoms with van der Waals surface area (Å²) in [6.07, 6.45) is 4.03. The lowest BCUT2D eigenvalue weighted by atomic mass is 10.1. The first-order chi connectivity index (χ1) is 5.65. The van der Waals surface area contributed by atoms with Crippen LogP contribution in [0.4, 0.5) is 0 Å². The van der Waals surface area contributed by atoms with E-state index in [1.54, 1.807) is 18.2 Å². The monoisotopic (exact) mass is 200 g/mol. The Balaban J connectivity index is 3.15. The van der Waals surface area contributed by atoms with Gasteiger partial charge >= 0.3 is 0 Å². The van der Waals surface area contributed by atoms with Crippen LogP contribution in [0.3, 0.4) is 0 Å². The van der Waals surface area contributed by atoms with Crippen LogP contribution in [0.15, 0.2) is 18.2 Å². The highest BCUT2D eigenvalue weighted by molar-refractivity contribution is 6.33. The number of terminal acetylenes is 1. The van der Waals surface area contributed by atoms with Gasteiger partial charge in [-0.25, -0.2) is 0 Å². The molecule has 1 rings (SSSR count). The second-order valence-corrected chi connectivity index (χ2v) is 3.08. The van der Waals surface area contributed by atoms with Crippen molar-refractivity contribution in [1.82, 2.24) is 0 Å². The third-order valence-electron chi connectivity index (χ3n) is 1.41. The van der Waals surface area contributed by atoms with E-state index < -0.39 is 6.10 Å². The van der Waals surface area contributed by atoms with Crippen molar-refractivity contribution >= 4 is 23.2 Å². The summed E-state index contributed by atoms with van der Waals surface area (Å²) in [5.74, 6) is 2.16. The Hall–Kier alpha value is -0.680. The number of hydrogen-bond acceptors (Lipinski definition) is 1. The van der Waals surface area contributed by atoms with Gasteiger partial charge in [-0.3, -0.25) is 0 Å². The summed E-state index contributed by atoms with van der Waals surface area (Å²) in [5, 5.41) is 10.2. The molecule has 0 spiro atoms. The predicted molar refractivity (Wildman–Crippen MR) is 50.3 cm³/mol. The first-order valence-corrected chi connectivity index (χ1v) is 4.00. The second kappa shape index (κ2) is 3.82. The summed E-state index contributed by atoms with van der Waals surface area (Å²) >= 11 is 11.4. The molecular formula is C9H6Cl2O. The molecule has 1 atom stereocenters. The van der Waals surface area contributed by atoms with Crippen molar-refractivity contribution < 1.29 is 5.11 Å². The predicted octanol–water partition coefficient (Wildman–Crippen LogP) is 2.66. The number of halogens is 2. The highest BCUT2D eigenvalue weighted by Gasteiger charge is 2.08. The molecule has 1 N–H and O–H groups in total. The molecule has 1 nitrogen and oxygen atoms in total. The summed E-state index contributed by atoms with van der Waals surface area (Å²) in [6.45, 7) is 0. The number of aliphatic hydroxyl groups is 1. The summed E-state index contributed by atoms with van der Waals surface area (Å²) in [6, 6.07) is 4.78. The molecule has 0 aliphatic heterocycles. The van der Waals surface area contributed by atoms with E-state index >= 15 is 0 Å². The molecule has 0 heterocycles. The molecule has 0 radical (unpaired) electrons. The summed E-state index contributed by atoms with van der Waals surface area (Å²) in [7, 11) is 0. The van der Waals surface area contributed by atoms with E-state index in [9.17, 15) is 5.11 Å². The fraction of sp³-hybridized carbons (Fsp3) is 0.111. The minimum atomic E-state index is -0.990. The van der Waals surface area contributed by atoms with Crippen LogP contribution in [0.5, 0.6) is 0 Å². The van der Waals surface area contributed by atoms with Crippen LogP contribution < -0.4 is 0 Å². The second-order valence-electron chi connectivity index (χ2n) is 2.24. The number of rotatable bonds is 1. The number of hydrogen-bond donors (Lipinski definition) is 1. The molecule has 1 unspecified atom stereocenters. The third kappa shape index (κ3) is 1.92. The fourth-order valence-corrected chi connectivity index (χ4v) is 1.22. The van der Waals surface area contributed by atoms with Crippen molar-refractivity contribution in [1.29, 1.82) is 0 Å². The molecule has 0 amide bonds. The van der Waals surface area contributed by atoms with Crippen LogP contribution in [-0.2, 0) is 0 Å². The lowest BCUT2D eigenvalue weighted by molar-refractivity contribution is 0.238. The Morgan fingerprint density at radius 2 is 2.08 bits per heavy atom. The Labute approximate surface area is 80.9 Å². The van der Waals surface area contributed by atoms with Crippen molar-refractivity contribution in [3.05, 3.63) is 33.8 Å². The third-order valence-corrected chi connectivity index (χ3v) is 1.99. The lowest BCUT2D eigenvalue weighted by Gasteiger charge is -2.05. The van der Waals surface area contributed by atoms with E-state index in [4.69, 9.17) is 29.6 Å². The molecule has 0 aliphatic carbocycles. The molecule has 1 aromatic carbocycles. The van der Waals surface area contributed by atoms with Gasteiger partial charge in [-0.1, -0.05) is 29.1 Å². The van der Waals surface area contributed by atoms with E-state index in [-0.39, 0.29) is 0 Å². The SMILES string of the molecule is C#CC(O)c1cc(Cl)ccc1Cl. The maximum Gasteiger partial charge on any atom is 0.141 e. The van der Waals surface area contributed by atoms with Gasteiger partial charge in [0.25, 0.3) is 0 Å². The normalized spacial score (nSPS) is 12.2. The summed E-state index contributed by atoms with van der Waals surface area (Å²) in [4.78, 5) is 0. The topological polar surface area (TPSA) is 20.2 Å². The van der Waals surface area contributed by atoms with E-state index in [0.717, 1.165) is 0 Å². The maximum atomic E-state index is 9.26. The van der Waals surface area contributed by atoms with E-state index in [0.29, 0.717) is 15.6 Å². The highest BCUT2D eigenvalue weighted by atomic mass is 35.5. The lowest BCUT2D eigenvalue weighted by Crippen LogP contribution is -1.93. The average molecular weight is 201 g/mol. The van der Waals surface area contributed by atoms with E-state index in [2.05, 4.69) is 5.92 Å². The minimum Gasteiger partial charge on any atom is -0.376 e. The van der Waals surface area contributed by atoms with Gasteiger partial charge in [-0.05, 0) is 18.2 Å². The molecule has 0 aromatic heterocycles. The van der Waals surface area contributed by atoms with Crippen LogP contribution in [0, 0.1) is 12.3 Å². The van der Waals surface area contributed by atoms with Gasteiger partial charge in [0.1, 0.15) is 6.10 Å². The molecule has 3 heteroatoms. The van der Waals surface area contributed by atoms with Crippen molar-refractivity contribution in [3.8, 4) is 12.3 Å². The zero-order valence-electron chi connectivity index (χ0n) is 6.09. The van der Waals surface area contributed by atoms with Crippen LogP contribution in [0.25, 0.3) is 0 Å². The molecule has 12 heavy (non-hydrogen) atoms. The first-order valence-electron chi connectivity index (χ1n) is 3.24. The van der Waals surface area contributed by atoms with Crippen LogP contribution in [0.2, 0.25) is 10.0 Å². The van der Waals surface area contributed by atoms with Gasteiger partial charge in [0.2, 0.25) is 0 Å². The number of benzene rings is 1. The van der Waals surface area contributed by atoms with Crippen molar-refractivity contribution in [3.63, 3.8) is 0 Å². The Morgan fingerprint density at radius 1 is 1.42 bits per heavy atom. The minimum absolute atomic E-state index is 0.421. The van der Waals surface area contributed by atoms with Gasteiger partial charge in [-0.15, -0.1) is 6.42 Å². The highest BCUT2D eigenvalue weighted by Crippen LogP contribution is 2.25. The van der Waals surface area contributed by atoms with Gasteiger partial charge < -0.3 is 5.11 Å². The average Bonchev–Trinajstić information content (AvgIpc) is 2.08. The molecular weight excluding hydrogens is 195 g/mol. The molecule has 0 bridgehead atoms. The molecule has 1 aromatic rings. The Kier molecular flexibility index (Phi) is 2.99. The summed E-state index contributed by atoms with van der Waals surface area (Å²) < 4.78 is 0. The quantitative estimate of drug-likeness (QED) is 0.692. The zero-order valence-corrected chi connectivity index (χ0v) is 7.60. The molecule has 0 saturated carbocycles. The number of aliphatic hydroxyl groups excluding tert-OH is 1. The zero-order chi connectivity index (χ0) is 9.14. The molecule has 62 valence electrons. The standard InChI is InChI=1S/C9H6Cl2O/c1-2-9(12)7-5-6(10)3-4-8(7)11/h1,3-5,9,12H. The fourth-order valence-electron chi connectivity index (χ4n) is 0.814. The molecule has 0 fully saturated rings. The van der Waals surface area contributed by atoms with Crippen LogP contribution >= 0.6 is 23.2 Å². The van der Waals surface area contributed by atoms with E-state index in [1.807, 2.05) is 0 Å². The molecule has 0 saturated heterocycles. The first kappa shape index (κ1) is 9.41. The van der Waals surface area contributed by atoms with Gasteiger partial charge in [0, 0.05) is 15.6 Å². The summed E-state index contributed by atoms with van der Waals surface area (Å²) in [5.41, 5.74) is 0.465. The van der Waals surface area contributed by atoms with Gasteiger partial charge in [0.05, 0.1) is 0 Å².